The quantitative estimate of drug-likeness (QED) is 0.621. The summed E-state index contributed by atoms with van der Waals surface area (Å²) in [7, 11) is 0. The van der Waals surface area contributed by atoms with Gasteiger partial charge in [0, 0.05) is 19.0 Å². The highest BCUT2D eigenvalue weighted by molar-refractivity contribution is 7.99. The van der Waals surface area contributed by atoms with Crippen molar-refractivity contribution >= 4 is 35.4 Å². The zero-order valence-corrected chi connectivity index (χ0v) is 14.6. The topological polar surface area (TPSA) is 104 Å². The van der Waals surface area contributed by atoms with Gasteiger partial charge in [-0.2, -0.15) is 8.75 Å². The molecule has 2 fully saturated rings. The van der Waals surface area contributed by atoms with Gasteiger partial charge in [0.2, 0.25) is 0 Å². The van der Waals surface area contributed by atoms with E-state index in [4.69, 9.17) is 19.8 Å². The maximum Gasteiger partial charge on any atom is 0.414 e. The van der Waals surface area contributed by atoms with Crippen molar-refractivity contribution in [3.63, 3.8) is 0 Å². The van der Waals surface area contributed by atoms with Crippen LogP contribution in [0, 0.1) is 5.92 Å². The first-order chi connectivity index (χ1) is 11.0. The first-order valence-electron chi connectivity index (χ1n) is 7.66. The van der Waals surface area contributed by atoms with E-state index in [2.05, 4.69) is 20.6 Å². The molecule has 1 unspecified atom stereocenters. The SMILES string of the molecule is CCCSc1nsnc1[C@@H]1CN2CCC[C@H]1C2.O=C(O)C(=O)O. The summed E-state index contributed by atoms with van der Waals surface area (Å²) in [6.45, 7) is 6.03. The summed E-state index contributed by atoms with van der Waals surface area (Å²) in [5.74, 6) is -0.978. The van der Waals surface area contributed by atoms with Crippen molar-refractivity contribution in [1.82, 2.24) is 13.6 Å². The van der Waals surface area contributed by atoms with Gasteiger partial charge in [-0.15, -0.1) is 11.8 Å². The average Bonchev–Trinajstić information content (AvgIpc) is 3.09. The molecule has 2 saturated heterocycles. The second-order valence-corrected chi connectivity index (χ2v) is 7.29. The number of hydrogen-bond acceptors (Lipinski definition) is 7. The van der Waals surface area contributed by atoms with Gasteiger partial charge in [0.1, 0.15) is 5.03 Å². The Hall–Kier alpha value is -1.19. The van der Waals surface area contributed by atoms with Gasteiger partial charge in [-0.05, 0) is 37.5 Å². The van der Waals surface area contributed by atoms with Crippen LogP contribution >= 0.6 is 23.5 Å². The molecule has 1 aromatic rings. The average molecular weight is 359 g/mol. The Labute approximate surface area is 143 Å². The smallest absolute Gasteiger partial charge is 0.414 e. The zero-order chi connectivity index (χ0) is 16.8. The van der Waals surface area contributed by atoms with Crippen LogP contribution < -0.4 is 0 Å². The highest BCUT2D eigenvalue weighted by Crippen LogP contribution is 2.41. The van der Waals surface area contributed by atoms with Crippen molar-refractivity contribution in [2.45, 2.75) is 37.1 Å². The molecule has 2 aliphatic heterocycles. The summed E-state index contributed by atoms with van der Waals surface area (Å²) in [5, 5.41) is 16.0. The minimum absolute atomic E-state index is 0.663. The van der Waals surface area contributed by atoms with E-state index in [0.717, 1.165) is 5.92 Å². The molecule has 2 N–H and O–H groups in total. The van der Waals surface area contributed by atoms with Crippen LogP contribution in [0.25, 0.3) is 0 Å². The Balaban J connectivity index is 0.000000277. The Morgan fingerprint density at radius 2 is 2.04 bits per heavy atom. The summed E-state index contributed by atoms with van der Waals surface area (Å²) in [6.07, 6.45) is 3.97. The third-order valence-electron chi connectivity index (χ3n) is 4.02. The summed E-state index contributed by atoms with van der Waals surface area (Å²) < 4.78 is 9.08. The molecule has 0 saturated carbocycles. The van der Waals surface area contributed by atoms with Gasteiger partial charge < -0.3 is 15.1 Å². The number of nitrogens with zero attached hydrogens (tertiary/aromatic N) is 3. The lowest BCUT2D eigenvalue weighted by Gasteiger charge is -2.21. The number of carboxylic acid groups (broad SMARTS) is 2. The highest BCUT2D eigenvalue weighted by Gasteiger charge is 2.38. The molecule has 0 aromatic carbocycles. The number of aliphatic carboxylic acids is 2. The van der Waals surface area contributed by atoms with Crippen LogP contribution in [-0.4, -0.2) is 61.2 Å². The lowest BCUT2D eigenvalue weighted by molar-refractivity contribution is -0.159. The van der Waals surface area contributed by atoms with E-state index in [9.17, 15) is 0 Å². The molecule has 0 radical (unpaired) electrons. The summed E-state index contributed by atoms with van der Waals surface area (Å²) in [4.78, 5) is 20.8. The zero-order valence-electron chi connectivity index (χ0n) is 13.0. The molecule has 2 bridgehead atoms. The number of rotatable bonds is 4. The third-order valence-corrected chi connectivity index (χ3v) is 5.87. The van der Waals surface area contributed by atoms with Gasteiger partial charge in [0.05, 0.1) is 17.4 Å². The second kappa shape index (κ2) is 8.60. The molecule has 3 atom stereocenters. The van der Waals surface area contributed by atoms with Crippen molar-refractivity contribution in [3.05, 3.63) is 5.69 Å². The summed E-state index contributed by atoms with van der Waals surface area (Å²) in [6, 6.07) is 0. The van der Waals surface area contributed by atoms with Gasteiger partial charge in [-0.3, -0.25) is 0 Å². The fourth-order valence-electron chi connectivity index (χ4n) is 3.04. The standard InChI is InChI=1S/C12H19N3S2.C2H2O4/c1-2-6-16-12-11(13-17-14-12)10-8-15-5-3-4-9(10)7-15;3-1(4)2(5)6/h9-10H,2-8H2,1H3;(H,3,4)(H,5,6)/t9-,10+;/m0./s1. The monoisotopic (exact) mass is 359 g/mol. The van der Waals surface area contributed by atoms with Crippen LogP contribution in [0.5, 0.6) is 0 Å². The highest BCUT2D eigenvalue weighted by atomic mass is 32.2. The molecule has 7 nitrogen and oxygen atoms in total. The van der Waals surface area contributed by atoms with Gasteiger partial charge in [0.15, 0.2) is 0 Å². The Morgan fingerprint density at radius 3 is 2.65 bits per heavy atom. The second-order valence-electron chi connectivity index (χ2n) is 5.68. The molecule has 128 valence electrons. The van der Waals surface area contributed by atoms with Gasteiger partial charge in [-0.1, -0.05) is 6.92 Å². The molecule has 0 aliphatic carbocycles. The number of carbonyl (C=O) groups is 2. The molecule has 9 heteroatoms. The minimum Gasteiger partial charge on any atom is -0.473 e. The van der Waals surface area contributed by atoms with Crippen LogP contribution in [0.3, 0.4) is 0 Å². The molecule has 23 heavy (non-hydrogen) atoms. The van der Waals surface area contributed by atoms with Gasteiger partial charge >= 0.3 is 11.9 Å². The summed E-state index contributed by atoms with van der Waals surface area (Å²) in [5.41, 5.74) is 1.31. The molecular formula is C14H21N3O4S2. The molecule has 3 rings (SSSR count). The van der Waals surface area contributed by atoms with Crippen LogP contribution in [0.4, 0.5) is 0 Å². The van der Waals surface area contributed by atoms with Gasteiger partial charge in [-0.25, -0.2) is 9.59 Å². The molecule has 2 aliphatic rings. The van der Waals surface area contributed by atoms with E-state index in [1.165, 1.54) is 67.1 Å². The Bertz CT molecular complexity index is 540. The fraction of sp³-hybridized carbons (Fsp3) is 0.714. The van der Waals surface area contributed by atoms with E-state index >= 15 is 0 Å². The molecular weight excluding hydrogens is 338 g/mol. The third kappa shape index (κ3) is 4.89. The van der Waals surface area contributed by atoms with Crippen LogP contribution in [0.2, 0.25) is 0 Å². The van der Waals surface area contributed by atoms with Gasteiger partial charge in [0.25, 0.3) is 0 Å². The lowest BCUT2D eigenvalue weighted by atomic mass is 9.89. The van der Waals surface area contributed by atoms with Crippen molar-refractivity contribution < 1.29 is 19.8 Å². The molecule has 0 spiro atoms. The van der Waals surface area contributed by atoms with E-state index < -0.39 is 11.9 Å². The van der Waals surface area contributed by atoms with Crippen molar-refractivity contribution in [3.8, 4) is 0 Å². The number of hydrogen-bond donors (Lipinski definition) is 2. The lowest BCUT2D eigenvalue weighted by Crippen LogP contribution is -2.25. The minimum atomic E-state index is -1.82. The summed E-state index contributed by atoms with van der Waals surface area (Å²) >= 11 is 3.29. The van der Waals surface area contributed by atoms with Crippen molar-refractivity contribution in [1.29, 1.82) is 0 Å². The van der Waals surface area contributed by atoms with E-state index in [1.54, 1.807) is 0 Å². The Kier molecular flexibility index (Phi) is 6.79. The number of fused-ring (bicyclic) bond motifs is 2. The van der Waals surface area contributed by atoms with Crippen molar-refractivity contribution in [2.75, 3.05) is 25.4 Å². The maximum absolute atomic E-state index is 9.10. The molecule has 3 heterocycles. The number of thioether (sulfide) groups is 1. The predicted octanol–water partition coefficient (Wildman–Crippen LogP) is 2.00. The fourth-order valence-corrected chi connectivity index (χ4v) is 4.66. The van der Waals surface area contributed by atoms with Crippen LogP contribution in [0.1, 0.15) is 37.8 Å². The van der Waals surface area contributed by atoms with E-state index in [0.29, 0.717) is 5.92 Å². The van der Waals surface area contributed by atoms with Crippen LogP contribution in [0.15, 0.2) is 5.03 Å². The number of piperidine rings is 1. The van der Waals surface area contributed by atoms with Crippen LogP contribution in [-0.2, 0) is 9.59 Å². The largest absolute Gasteiger partial charge is 0.473 e. The first kappa shape index (κ1) is 18.2. The normalized spacial score (nSPS) is 25.5. The first-order valence-corrected chi connectivity index (χ1v) is 9.38. The number of aromatic nitrogens is 2. The van der Waals surface area contributed by atoms with E-state index in [-0.39, 0.29) is 0 Å². The molecule has 0 amide bonds. The Morgan fingerprint density at radius 1 is 1.30 bits per heavy atom. The van der Waals surface area contributed by atoms with E-state index in [1.807, 2.05) is 11.8 Å². The predicted molar refractivity (Wildman–Crippen MR) is 88.1 cm³/mol. The van der Waals surface area contributed by atoms with Crippen molar-refractivity contribution in [2.24, 2.45) is 5.92 Å². The number of carboxylic acids is 2. The molecule has 1 aromatic heterocycles. The maximum atomic E-state index is 9.10.